The average molecular weight is 253 g/mol. The second-order valence-corrected chi connectivity index (χ2v) is 6.85. The maximum atomic E-state index is 9.91. The summed E-state index contributed by atoms with van der Waals surface area (Å²) in [5.74, 6) is 0. The summed E-state index contributed by atoms with van der Waals surface area (Å²) >= 11 is 13.0. The van der Waals surface area contributed by atoms with Gasteiger partial charge in [-0.2, -0.15) is 0 Å². The van der Waals surface area contributed by atoms with Crippen molar-refractivity contribution in [2.75, 3.05) is 0 Å². The van der Waals surface area contributed by atoms with E-state index in [2.05, 4.69) is 20.8 Å². The molecule has 4 heteroatoms. The first kappa shape index (κ1) is 12.3. The van der Waals surface area contributed by atoms with Crippen molar-refractivity contribution in [3.05, 3.63) is 20.3 Å². The van der Waals surface area contributed by atoms with Crippen molar-refractivity contribution in [2.24, 2.45) is 5.41 Å². The highest BCUT2D eigenvalue weighted by atomic mass is 35.5. The van der Waals surface area contributed by atoms with E-state index in [0.29, 0.717) is 15.1 Å². The van der Waals surface area contributed by atoms with Gasteiger partial charge >= 0.3 is 0 Å². The summed E-state index contributed by atoms with van der Waals surface area (Å²) in [4.78, 5) is 0. The van der Waals surface area contributed by atoms with Gasteiger partial charge in [-0.25, -0.2) is 0 Å². The second-order valence-electron chi connectivity index (χ2n) is 4.56. The second kappa shape index (κ2) is 4.40. The molecule has 1 aromatic heterocycles. The summed E-state index contributed by atoms with van der Waals surface area (Å²) in [6, 6.07) is 1.74. The molecule has 1 aromatic rings. The Balaban J connectivity index is 2.79. The van der Waals surface area contributed by atoms with E-state index in [1.165, 1.54) is 11.3 Å². The SMILES string of the molecule is CC(C)(C)CC(O)c1cc(Cl)sc1Cl. The van der Waals surface area contributed by atoms with E-state index in [1.54, 1.807) is 6.07 Å². The number of hydrogen-bond donors (Lipinski definition) is 1. The number of hydrogen-bond acceptors (Lipinski definition) is 2. The van der Waals surface area contributed by atoms with Gasteiger partial charge in [0.2, 0.25) is 0 Å². The summed E-state index contributed by atoms with van der Waals surface area (Å²) in [6.45, 7) is 6.24. The molecule has 0 bridgehead atoms. The van der Waals surface area contributed by atoms with Crippen molar-refractivity contribution in [1.82, 2.24) is 0 Å². The van der Waals surface area contributed by atoms with Crippen LogP contribution in [0.1, 0.15) is 38.9 Å². The molecule has 0 saturated heterocycles. The fourth-order valence-electron chi connectivity index (χ4n) is 1.27. The van der Waals surface area contributed by atoms with Crippen molar-refractivity contribution < 1.29 is 5.11 Å². The van der Waals surface area contributed by atoms with Gasteiger partial charge in [-0.05, 0) is 17.9 Å². The van der Waals surface area contributed by atoms with Gasteiger partial charge in [0.1, 0.15) is 4.34 Å². The average Bonchev–Trinajstić information content (AvgIpc) is 2.26. The molecule has 0 fully saturated rings. The van der Waals surface area contributed by atoms with Crippen LogP contribution in [0.5, 0.6) is 0 Å². The van der Waals surface area contributed by atoms with E-state index >= 15 is 0 Å². The number of thiophene rings is 1. The molecule has 0 aliphatic heterocycles. The molecule has 0 aliphatic carbocycles. The van der Waals surface area contributed by atoms with Crippen LogP contribution in [0, 0.1) is 5.41 Å². The van der Waals surface area contributed by atoms with Crippen molar-refractivity contribution in [1.29, 1.82) is 0 Å². The Morgan fingerprint density at radius 3 is 2.36 bits per heavy atom. The van der Waals surface area contributed by atoms with E-state index in [4.69, 9.17) is 23.2 Å². The summed E-state index contributed by atoms with van der Waals surface area (Å²) in [6.07, 6.45) is 0.158. The first-order valence-corrected chi connectivity index (χ1v) is 5.99. The van der Waals surface area contributed by atoms with Gasteiger partial charge in [-0.1, -0.05) is 44.0 Å². The molecule has 1 N–H and O–H groups in total. The highest BCUT2D eigenvalue weighted by Crippen LogP contribution is 2.38. The maximum absolute atomic E-state index is 9.91. The zero-order chi connectivity index (χ0) is 10.9. The van der Waals surface area contributed by atoms with Crippen LogP contribution in [-0.4, -0.2) is 5.11 Å². The monoisotopic (exact) mass is 252 g/mol. The normalized spacial score (nSPS) is 14.4. The quantitative estimate of drug-likeness (QED) is 0.821. The lowest BCUT2D eigenvalue weighted by Gasteiger charge is -2.21. The maximum Gasteiger partial charge on any atom is 0.100 e. The molecule has 0 saturated carbocycles. The fourth-order valence-corrected chi connectivity index (χ4v) is 2.84. The Morgan fingerprint density at radius 1 is 1.43 bits per heavy atom. The van der Waals surface area contributed by atoms with Crippen LogP contribution in [0.25, 0.3) is 0 Å². The molecule has 1 heterocycles. The molecule has 1 atom stereocenters. The Labute approximate surface area is 98.7 Å². The third-order valence-electron chi connectivity index (χ3n) is 1.85. The molecule has 1 unspecified atom stereocenters. The van der Waals surface area contributed by atoms with E-state index in [-0.39, 0.29) is 5.41 Å². The smallest absolute Gasteiger partial charge is 0.100 e. The first-order valence-electron chi connectivity index (χ1n) is 4.42. The summed E-state index contributed by atoms with van der Waals surface area (Å²) < 4.78 is 1.21. The predicted octanol–water partition coefficient (Wildman–Crippen LogP) is 4.52. The Morgan fingerprint density at radius 2 is 2.00 bits per heavy atom. The Hall–Kier alpha value is 0.240. The van der Waals surface area contributed by atoms with Gasteiger partial charge in [0, 0.05) is 5.56 Å². The van der Waals surface area contributed by atoms with Crippen LogP contribution in [-0.2, 0) is 0 Å². The Kier molecular flexibility index (Phi) is 3.87. The standard InChI is InChI=1S/C10H14Cl2OS/c1-10(2,3)5-7(13)6-4-8(11)14-9(6)12/h4,7,13H,5H2,1-3H3. The van der Waals surface area contributed by atoms with Crippen LogP contribution in [0.4, 0.5) is 0 Å². The zero-order valence-electron chi connectivity index (χ0n) is 8.47. The predicted molar refractivity (Wildman–Crippen MR) is 63.4 cm³/mol. The van der Waals surface area contributed by atoms with Gasteiger partial charge in [0.05, 0.1) is 10.4 Å². The third kappa shape index (κ3) is 3.43. The third-order valence-corrected chi connectivity index (χ3v) is 3.37. The van der Waals surface area contributed by atoms with E-state index < -0.39 is 6.10 Å². The molecule has 0 radical (unpaired) electrons. The summed E-state index contributed by atoms with van der Waals surface area (Å²) in [5, 5.41) is 9.91. The van der Waals surface area contributed by atoms with Gasteiger partial charge in [-0.15, -0.1) is 11.3 Å². The lowest BCUT2D eigenvalue weighted by molar-refractivity contribution is 0.123. The van der Waals surface area contributed by atoms with Crippen LogP contribution in [0.2, 0.25) is 8.67 Å². The lowest BCUT2D eigenvalue weighted by Crippen LogP contribution is -2.11. The molecule has 1 nitrogen and oxygen atoms in total. The van der Waals surface area contributed by atoms with Crippen molar-refractivity contribution in [2.45, 2.75) is 33.3 Å². The van der Waals surface area contributed by atoms with Crippen LogP contribution in [0.15, 0.2) is 6.07 Å². The molecule has 0 spiro atoms. The largest absolute Gasteiger partial charge is 0.388 e. The molecule has 0 aromatic carbocycles. The molecule has 1 rings (SSSR count). The van der Waals surface area contributed by atoms with Crippen LogP contribution >= 0.6 is 34.5 Å². The molecule has 80 valence electrons. The van der Waals surface area contributed by atoms with Crippen LogP contribution < -0.4 is 0 Å². The van der Waals surface area contributed by atoms with Gasteiger partial charge in [-0.3, -0.25) is 0 Å². The number of rotatable bonds is 2. The molecular formula is C10H14Cl2OS. The molecule has 0 aliphatic rings. The molecule has 14 heavy (non-hydrogen) atoms. The van der Waals surface area contributed by atoms with Crippen molar-refractivity contribution in [3.63, 3.8) is 0 Å². The number of aliphatic hydroxyl groups is 1. The minimum Gasteiger partial charge on any atom is -0.388 e. The lowest BCUT2D eigenvalue weighted by atomic mass is 9.87. The van der Waals surface area contributed by atoms with E-state index in [1.807, 2.05) is 0 Å². The highest BCUT2D eigenvalue weighted by Gasteiger charge is 2.21. The number of aliphatic hydroxyl groups excluding tert-OH is 1. The van der Waals surface area contributed by atoms with Gasteiger partial charge < -0.3 is 5.11 Å². The summed E-state index contributed by atoms with van der Waals surface area (Å²) in [7, 11) is 0. The number of halogens is 2. The minimum atomic E-state index is -0.522. The minimum absolute atomic E-state index is 0.0805. The van der Waals surface area contributed by atoms with Crippen molar-refractivity contribution >= 4 is 34.5 Å². The Bertz CT molecular complexity index is 314. The van der Waals surface area contributed by atoms with E-state index in [0.717, 1.165) is 5.56 Å². The molecule has 0 amide bonds. The topological polar surface area (TPSA) is 20.2 Å². The van der Waals surface area contributed by atoms with Crippen LogP contribution in [0.3, 0.4) is 0 Å². The summed E-state index contributed by atoms with van der Waals surface area (Å²) in [5.41, 5.74) is 0.827. The van der Waals surface area contributed by atoms with Crippen molar-refractivity contribution in [3.8, 4) is 0 Å². The van der Waals surface area contributed by atoms with Gasteiger partial charge in [0.15, 0.2) is 0 Å². The molecular weight excluding hydrogens is 239 g/mol. The highest BCUT2D eigenvalue weighted by molar-refractivity contribution is 7.20. The van der Waals surface area contributed by atoms with E-state index in [9.17, 15) is 5.11 Å². The zero-order valence-corrected chi connectivity index (χ0v) is 10.8. The fraction of sp³-hybridized carbons (Fsp3) is 0.600. The van der Waals surface area contributed by atoms with Gasteiger partial charge in [0.25, 0.3) is 0 Å². The first-order chi connectivity index (χ1) is 6.29.